The second-order valence-electron chi connectivity index (χ2n) is 5.25. The van der Waals surface area contributed by atoms with Crippen LogP contribution in [0.2, 0.25) is 0 Å². The molecular weight excluding hydrogens is 170 g/mol. The number of hydrogen-bond acceptors (Lipinski definition) is 1. The van der Waals surface area contributed by atoms with Crippen molar-refractivity contribution in [3.05, 3.63) is 0 Å². The van der Waals surface area contributed by atoms with E-state index in [4.69, 9.17) is 0 Å². The van der Waals surface area contributed by atoms with Gasteiger partial charge in [0.05, 0.1) is 0 Å². The molecule has 1 aliphatic rings. The van der Waals surface area contributed by atoms with Crippen LogP contribution in [0.3, 0.4) is 0 Å². The maximum atomic E-state index is 3.34. The third-order valence-corrected chi connectivity index (χ3v) is 4.30. The van der Waals surface area contributed by atoms with Crippen molar-refractivity contribution in [2.45, 2.75) is 46.5 Å². The van der Waals surface area contributed by atoms with Crippen molar-refractivity contribution in [3.63, 3.8) is 0 Å². The molecule has 0 aliphatic heterocycles. The van der Waals surface area contributed by atoms with Gasteiger partial charge in [-0.1, -0.05) is 33.6 Å². The second kappa shape index (κ2) is 5.75. The monoisotopic (exact) mass is 197 g/mol. The Morgan fingerprint density at radius 2 is 1.93 bits per heavy atom. The minimum atomic E-state index is 0.912. The summed E-state index contributed by atoms with van der Waals surface area (Å²) in [5.74, 6) is 3.80. The fraction of sp³-hybridized carbons (Fsp3) is 1.00. The third kappa shape index (κ3) is 2.98. The van der Waals surface area contributed by atoms with Crippen molar-refractivity contribution in [1.29, 1.82) is 0 Å². The summed E-state index contributed by atoms with van der Waals surface area (Å²) < 4.78 is 0. The van der Waals surface area contributed by atoms with Crippen LogP contribution in [0.4, 0.5) is 0 Å². The van der Waals surface area contributed by atoms with Crippen molar-refractivity contribution in [2.75, 3.05) is 13.6 Å². The second-order valence-corrected chi connectivity index (χ2v) is 5.25. The molecule has 0 saturated heterocycles. The lowest BCUT2D eigenvalue weighted by atomic mass is 9.70. The highest BCUT2D eigenvalue weighted by Gasteiger charge is 2.28. The van der Waals surface area contributed by atoms with Gasteiger partial charge >= 0.3 is 0 Å². The van der Waals surface area contributed by atoms with Crippen molar-refractivity contribution < 1.29 is 0 Å². The van der Waals surface area contributed by atoms with Crippen LogP contribution >= 0.6 is 0 Å². The molecule has 14 heavy (non-hydrogen) atoms. The van der Waals surface area contributed by atoms with Crippen LogP contribution in [0.1, 0.15) is 46.5 Å². The maximum absolute atomic E-state index is 3.34. The summed E-state index contributed by atoms with van der Waals surface area (Å²) in [6.45, 7) is 8.40. The fourth-order valence-electron chi connectivity index (χ4n) is 2.92. The zero-order valence-electron chi connectivity index (χ0n) is 10.3. The van der Waals surface area contributed by atoms with Crippen molar-refractivity contribution in [3.8, 4) is 0 Å². The third-order valence-electron chi connectivity index (χ3n) is 4.30. The summed E-state index contributed by atoms with van der Waals surface area (Å²) in [4.78, 5) is 0. The van der Waals surface area contributed by atoms with Gasteiger partial charge in [-0.05, 0) is 50.1 Å². The Hall–Kier alpha value is -0.0400. The largest absolute Gasteiger partial charge is 0.319 e. The topological polar surface area (TPSA) is 12.0 Å². The summed E-state index contributed by atoms with van der Waals surface area (Å²) in [6.07, 6.45) is 5.71. The average molecular weight is 197 g/mol. The summed E-state index contributed by atoms with van der Waals surface area (Å²) in [5.41, 5.74) is 0. The van der Waals surface area contributed by atoms with Gasteiger partial charge in [-0.3, -0.25) is 0 Å². The van der Waals surface area contributed by atoms with E-state index in [-0.39, 0.29) is 0 Å². The summed E-state index contributed by atoms with van der Waals surface area (Å²) in [7, 11) is 2.08. The van der Waals surface area contributed by atoms with Crippen molar-refractivity contribution in [1.82, 2.24) is 5.32 Å². The molecule has 1 rings (SSSR count). The molecule has 0 amide bonds. The zero-order valence-corrected chi connectivity index (χ0v) is 10.3. The van der Waals surface area contributed by atoms with Crippen LogP contribution in [0.25, 0.3) is 0 Å². The Balaban J connectivity index is 2.43. The van der Waals surface area contributed by atoms with Gasteiger partial charge in [-0.25, -0.2) is 0 Å². The number of rotatable bonds is 4. The molecule has 0 radical (unpaired) electrons. The first-order chi connectivity index (χ1) is 6.69. The predicted octanol–water partition coefficient (Wildman–Crippen LogP) is 3.30. The Bertz CT molecular complexity index is 155. The molecular formula is C13H27N. The molecule has 1 saturated carbocycles. The van der Waals surface area contributed by atoms with E-state index in [1.807, 2.05) is 0 Å². The van der Waals surface area contributed by atoms with Crippen molar-refractivity contribution >= 4 is 0 Å². The molecule has 0 aromatic carbocycles. The molecule has 0 aromatic rings. The van der Waals surface area contributed by atoms with E-state index in [9.17, 15) is 0 Å². The van der Waals surface area contributed by atoms with Gasteiger partial charge in [-0.15, -0.1) is 0 Å². The number of hydrogen-bond donors (Lipinski definition) is 1. The van der Waals surface area contributed by atoms with Crippen LogP contribution in [-0.4, -0.2) is 13.6 Å². The lowest BCUT2D eigenvalue weighted by molar-refractivity contribution is 0.152. The lowest BCUT2D eigenvalue weighted by Crippen LogP contribution is -2.31. The molecule has 0 bridgehead atoms. The first-order valence-electron chi connectivity index (χ1n) is 6.33. The van der Waals surface area contributed by atoms with E-state index in [1.54, 1.807) is 0 Å². The van der Waals surface area contributed by atoms with Gasteiger partial charge in [0.25, 0.3) is 0 Å². The van der Waals surface area contributed by atoms with Gasteiger partial charge < -0.3 is 5.32 Å². The zero-order chi connectivity index (χ0) is 10.6. The Morgan fingerprint density at radius 1 is 1.21 bits per heavy atom. The minimum absolute atomic E-state index is 0.912. The molecule has 0 spiro atoms. The van der Waals surface area contributed by atoms with E-state index in [1.165, 1.54) is 32.2 Å². The maximum Gasteiger partial charge on any atom is -0.00210 e. The Kier molecular flexibility index (Phi) is 4.94. The van der Waals surface area contributed by atoms with Gasteiger partial charge in [-0.2, -0.15) is 0 Å². The van der Waals surface area contributed by atoms with E-state index in [2.05, 4.69) is 33.1 Å². The van der Waals surface area contributed by atoms with Crippen LogP contribution in [0.15, 0.2) is 0 Å². The molecule has 84 valence electrons. The van der Waals surface area contributed by atoms with Gasteiger partial charge in [0.2, 0.25) is 0 Å². The van der Waals surface area contributed by atoms with Crippen LogP contribution in [-0.2, 0) is 0 Å². The standard InChI is InChI=1S/C13H27N/c1-5-12(9-14-4)13-7-6-10(2)11(3)8-13/h10-14H,5-9H2,1-4H3. The normalized spacial score (nSPS) is 35.6. The highest BCUT2D eigenvalue weighted by molar-refractivity contribution is 4.80. The molecule has 1 N–H and O–H groups in total. The molecule has 1 aliphatic carbocycles. The lowest BCUT2D eigenvalue weighted by Gasteiger charge is -2.36. The van der Waals surface area contributed by atoms with E-state index < -0.39 is 0 Å². The minimum Gasteiger partial charge on any atom is -0.319 e. The SMILES string of the molecule is CCC(CNC)C1CCC(C)C(C)C1. The van der Waals surface area contributed by atoms with Gasteiger partial charge in [0.1, 0.15) is 0 Å². The summed E-state index contributed by atoms with van der Waals surface area (Å²) in [6, 6.07) is 0. The highest BCUT2D eigenvalue weighted by Crippen LogP contribution is 2.37. The summed E-state index contributed by atoms with van der Waals surface area (Å²) >= 11 is 0. The molecule has 4 atom stereocenters. The molecule has 1 heteroatoms. The molecule has 0 aromatic heterocycles. The van der Waals surface area contributed by atoms with Crippen LogP contribution in [0.5, 0.6) is 0 Å². The predicted molar refractivity (Wildman–Crippen MR) is 63.4 cm³/mol. The molecule has 1 nitrogen and oxygen atoms in total. The highest BCUT2D eigenvalue weighted by atomic mass is 14.8. The van der Waals surface area contributed by atoms with E-state index >= 15 is 0 Å². The van der Waals surface area contributed by atoms with Crippen LogP contribution < -0.4 is 5.32 Å². The molecule has 0 heterocycles. The van der Waals surface area contributed by atoms with Crippen LogP contribution in [0, 0.1) is 23.7 Å². The van der Waals surface area contributed by atoms with Gasteiger partial charge in [0.15, 0.2) is 0 Å². The first-order valence-corrected chi connectivity index (χ1v) is 6.33. The average Bonchev–Trinajstić information content (AvgIpc) is 2.19. The van der Waals surface area contributed by atoms with Crippen molar-refractivity contribution in [2.24, 2.45) is 23.7 Å². The van der Waals surface area contributed by atoms with E-state index in [0.29, 0.717) is 0 Å². The molecule has 4 unspecified atom stereocenters. The summed E-state index contributed by atoms with van der Waals surface area (Å²) in [5, 5.41) is 3.34. The fourth-order valence-corrected chi connectivity index (χ4v) is 2.92. The van der Waals surface area contributed by atoms with Gasteiger partial charge in [0, 0.05) is 0 Å². The molecule has 1 fully saturated rings. The number of nitrogens with one attached hydrogen (secondary N) is 1. The first kappa shape index (κ1) is 12.0. The van der Waals surface area contributed by atoms with E-state index in [0.717, 1.165) is 23.7 Å². The quantitative estimate of drug-likeness (QED) is 0.729. The Morgan fingerprint density at radius 3 is 2.43 bits per heavy atom. The Labute approximate surface area is 89.7 Å². The smallest absolute Gasteiger partial charge is 0.00210 e.